The van der Waals surface area contributed by atoms with Crippen molar-refractivity contribution in [3.05, 3.63) is 48.5 Å². The molecular formula is C18H21NO6S. The summed E-state index contributed by atoms with van der Waals surface area (Å²) in [5, 5.41) is 9.16. The molecule has 2 rings (SSSR count). The Morgan fingerprint density at radius 2 is 1.38 bits per heavy atom. The highest BCUT2D eigenvalue weighted by molar-refractivity contribution is 7.92. The minimum atomic E-state index is -4.05. The van der Waals surface area contributed by atoms with E-state index in [-0.39, 0.29) is 10.6 Å². The number of benzene rings is 2. The van der Waals surface area contributed by atoms with Gasteiger partial charge in [0.2, 0.25) is 0 Å². The molecule has 0 aromatic heterocycles. The normalized spacial score (nSPS) is 11.0. The molecule has 2 aromatic carbocycles. The number of ether oxygens (including phenoxy) is 2. The van der Waals surface area contributed by atoms with Crippen molar-refractivity contribution in [2.24, 2.45) is 0 Å². The second-order valence-corrected chi connectivity index (χ2v) is 7.10. The maximum absolute atomic E-state index is 12.9. The van der Waals surface area contributed by atoms with Crippen molar-refractivity contribution in [2.75, 3.05) is 24.1 Å². The largest absolute Gasteiger partial charge is 0.494 e. The molecule has 0 amide bonds. The fraction of sp³-hybridized carbons (Fsp3) is 0.278. The summed E-state index contributed by atoms with van der Waals surface area (Å²) in [6, 6.07) is 12.1. The molecule has 0 unspecified atom stereocenters. The van der Waals surface area contributed by atoms with Gasteiger partial charge in [-0.2, -0.15) is 0 Å². The first-order valence-corrected chi connectivity index (χ1v) is 9.52. The molecule has 2 aromatic rings. The Balaban J connectivity index is 2.39. The summed E-state index contributed by atoms with van der Waals surface area (Å²) in [6.07, 6.45) is 0. The van der Waals surface area contributed by atoms with Gasteiger partial charge in [0, 0.05) is 0 Å². The Bertz CT molecular complexity index is 831. The van der Waals surface area contributed by atoms with Gasteiger partial charge in [-0.15, -0.1) is 0 Å². The van der Waals surface area contributed by atoms with Gasteiger partial charge in [0.15, 0.2) is 0 Å². The fourth-order valence-corrected chi connectivity index (χ4v) is 3.73. The van der Waals surface area contributed by atoms with Gasteiger partial charge in [-0.1, -0.05) is 0 Å². The molecule has 7 nitrogen and oxygen atoms in total. The highest BCUT2D eigenvalue weighted by Gasteiger charge is 2.27. The molecule has 0 aliphatic rings. The average Bonchev–Trinajstić information content (AvgIpc) is 2.61. The SMILES string of the molecule is CCOc1ccc(N(CC(=O)O)S(=O)(=O)c2ccc(OCC)cc2)cc1. The molecule has 0 fully saturated rings. The Labute approximate surface area is 152 Å². The lowest BCUT2D eigenvalue weighted by Crippen LogP contribution is -2.35. The Kier molecular flexibility index (Phi) is 6.46. The van der Waals surface area contributed by atoms with Crippen LogP contribution in [0.3, 0.4) is 0 Å². The Hall–Kier alpha value is -2.74. The lowest BCUT2D eigenvalue weighted by atomic mass is 10.3. The molecule has 0 aliphatic carbocycles. The van der Waals surface area contributed by atoms with Crippen LogP contribution in [0.2, 0.25) is 0 Å². The maximum atomic E-state index is 12.9. The van der Waals surface area contributed by atoms with Gasteiger partial charge in [0.05, 0.1) is 23.8 Å². The molecule has 0 atom stereocenters. The smallest absolute Gasteiger partial charge is 0.324 e. The summed E-state index contributed by atoms with van der Waals surface area (Å²) in [5.74, 6) is -0.143. The van der Waals surface area contributed by atoms with E-state index in [0.717, 1.165) is 4.31 Å². The number of hydrogen-bond donors (Lipinski definition) is 1. The number of rotatable bonds is 9. The number of anilines is 1. The quantitative estimate of drug-likeness (QED) is 0.720. The highest BCUT2D eigenvalue weighted by Crippen LogP contribution is 2.26. The molecule has 0 saturated heterocycles. The number of carbonyl (C=O) groups is 1. The number of hydrogen-bond acceptors (Lipinski definition) is 5. The third kappa shape index (κ3) is 4.66. The van der Waals surface area contributed by atoms with Gasteiger partial charge in [-0.25, -0.2) is 8.42 Å². The predicted molar refractivity (Wildman–Crippen MR) is 97.4 cm³/mol. The molecule has 0 heterocycles. The van der Waals surface area contributed by atoms with Crippen molar-refractivity contribution in [1.29, 1.82) is 0 Å². The van der Waals surface area contributed by atoms with Crippen LogP contribution < -0.4 is 13.8 Å². The zero-order valence-corrected chi connectivity index (χ0v) is 15.4. The maximum Gasteiger partial charge on any atom is 0.324 e. The minimum absolute atomic E-state index is 0.0175. The van der Waals surface area contributed by atoms with E-state index in [1.807, 2.05) is 13.8 Å². The van der Waals surface area contributed by atoms with E-state index >= 15 is 0 Å². The number of aliphatic carboxylic acids is 1. The second-order valence-electron chi connectivity index (χ2n) is 5.24. The van der Waals surface area contributed by atoms with E-state index in [2.05, 4.69) is 0 Å². The lowest BCUT2D eigenvalue weighted by Gasteiger charge is -2.23. The van der Waals surface area contributed by atoms with Gasteiger partial charge < -0.3 is 14.6 Å². The van der Waals surface area contributed by atoms with Gasteiger partial charge in [-0.05, 0) is 62.4 Å². The number of carboxylic acids is 1. The van der Waals surface area contributed by atoms with Crippen LogP contribution in [-0.2, 0) is 14.8 Å². The van der Waals surface area contributed by atoms with E-state index < -0.39 is 22.5 Å². The monoisotopic (exact) mass is 379 g/mol. The molecule has 0 spiro atoms. The number of carboxylic acid groups (broad SMARTS) is 1. The van der Waals surface area contributed by atoms with Crippen LogP contribution in [0.15, 0.2) is 53.4 Å². The predicted octanol–water partition coefficient (Wildman–Crippen LogP) is 2.76. The van der Waals surface area contributed by atoms with Gasteiger partial charge >= 0.3 is 5.97 Å². The number of nitrogens with zero attached hydrogens (tertiary/aromatic N) is 1. The van der Waals surface area contributed by atoms with E-state index in [1.165, 1.54) is 36.4 Å². The standard InChI is InChI=1S/C18H21NO6S/c1-3-24-15-7-5-14(6-8-15)19(13-18(20)21)26(22,23)17-11-9-16(10-12-17)25-4-2/h5-12H,3-4,13H2,1-2H3,(H,20,21). The molecular weight excluding hydrogens is 358 g/mol. The van der Waals surface area contributed by atoms with Gasteiger partial charge in [0.1, 0.15) is 18.0 Å². The molecule has 140 valence electrons. The summed E-state index contributed by atoms with van der Waals surface area (Å²) < 4.78 is 37.4. The van der Waals surface area contributed by atoms with Gasteiger partial charge in [0.25, 0.3) is 10.0 Å². The Morgan fingerprint density at radius 1 is 0.923 bits per heavy atom. The van der Waals surface area contributed by atoms with Crippen LogP contribution in [0.5, 0.6) is 11.5 Å². The average molecular weight is 379 g/mol. The van der Waals surface area contributed by atoms with E-state index in [0.29, 0.717) is 24.7 Å². The first-order valence-electron chi connectivity index (χ1n) is 8.08. The third-order valence-corrected chi connectivity index (χ3v) is 5.23. The molecule has 1 N–H and O–H groups in total. The molecule has 0 aliphatic heterocycles. The summed E-state index contributed by atoms with van der Waals surface area (Å²) in [4.78, 5) is 11.2. The summed E-state index contributed by atoms with van der Waals surface area (Å²) in [6.45, 7) is 3.90. The third-order valence-electron chi connectivity index (χ3n) is 3.44. The number of sulfonamides is 1. The van der Waals surface area contributed by atoms with Crippen molar-refractivity contribution in [2.45, 2.75) is 18.7 Å². The fourth-order valence-electron chi connectivity index (χ4n) is 2.31. The minimum Gasteiger partial charge on any atom is -0.494 e. The summed E-state index contributed by atoms with van der Waals surface area (Å²) in [5.41, 5.74) is 0.240. The zero-order chi connectivity index (χ0) is 19.2. The summed E-state index contributed by atoms with van der Waals surface area (Å²) in [7, 11) is -4.05. The molecule has 8 heteroatoms. The van der Waals surface area contributed by atoms with Gasteiger partial charge in [-0.3, -0.25) is 9.10 Å². The van der Waals surface area contributed by atoms with Crippen molar-refractivity contribution >= 4 is 21.7 Å². The van der Waals surface area contributed by atoms with E-state index in [4.69, 9.17) is 14.6 Å². The first-order chi connectivity index (χ1) is 12.4. The van der Waals surface area contributed by atoms with Crippen LogP contribution in [0.4, 0.5) is 5.69 Å². The van der Waals surface area contributed by atoms with Crippen LogP contribution in [-0.4, -0.2) is 39.3 Å². The molecule has 0 bridgehead atoms. The lowest BCUT2D eigenvalue weighted by molar-refractivity contribution is -0.135. The van der Waals surface area contributed by atoms with Crippen molar-refractivity contribution < 1.29 is 27.8 Å². The topological polar surface area (TPSA) is 93.1 Å². The molecule has 26 heavy (non-hydrogen) atoms. The molecule has 0 radical (unpaired) electrons. The van der Waals surface area contributed by atoms with Crippen molar-refractivity contribution in [1.82, 2.24) is 0 Å². The van der Waals surface area contributed by atoms with Crippen molar-refractivity contribution in [3.8, 4) is 11.5 Å². The van der Waals surface area contributed by atoms with E-state index in [9.17, 15) is 13.2 Å². The highest BCUT2D eigenvalue weighted by atomic mass is 32.2. The van der Waals surface area contributed by atoms with Crippen LogP contribution in [0.25, 0.3) is 0 Å². The van der Waals surface area contributed by atoms with Crippen molar-refractivity contribution in [3.63, 3.8) is 0 Å². The second kappa shape index (κ2) is 8.57. The first kappa shape index (κ1) is 19.6. The van der Waals surface area contributed by atoms with Crippen LogP contribution >= 0.6 is 0 Å². The van der Waals surface area contributed by atoms with Crippen LogP contribution in [0, 0.1) is 0 Å². The summed E-state index contributed by atoms with van der Waals surface area (Å²) >= 11 is 0. The Morgan fingerprint density at radius 3 is 1.81 bits per heavy atom. The molecule has 0 saturated carbocycles. The zero-order valence-electron chi connectivity index (χ0n) is 14.6. The van der Waals surface area contributed by atoms with E-state index in [1.54, 1.807) is 12.1 Å². The van der Waals surface area contributed by atoms with Crippen LogP contribution in [0.1, 0.15) is 13.8 Å².